The maximum atomic E-state index is 13.7. The Balaban J connectivity index is 0.00000243. The predicted molar refractivity (Wildman–Crippen MR) is 109 cm³/mol. The number of imidazole rings is 1. The number of halogens is 3. The van der Waals surface area contributed by atoms with Gasteiger partial charge in [-0.3, -0.25) is 4.99 Å². The first-order chi connectivity index (χ1) is 12.1. The molecule has 0 aliphatic heterocycles. The Morgan fingerprint density at radius 3 is 2.65 bits per heavy atom. The van der Waals surface area contributed by atoms with Crippen molar-refractivity contribution in [2.75, 3.05) is 7.05 Å². The molecular formula is C18H20F2IN5. The SMILES string of the molecule is CN=C(NCc1cn2c(C)cccc2n1)NCc1cc(F)ccc1F.I. The average molecular weight is 471 g/mol. The number of hydrogen-bond donors (Lipinski definition) is 2. The second kappa shape index (κ2) is 8.93. The minimum atomic E-state index is -0.471. The van der Waals surface area contributed by atoms with Crippen LogP contribution >= 0.6 is 24.0 Å². The molecular weight excluding hydrogens is 451 g/mol. The molecule has 3 aromatic rings. The van der Waals surface area contributed by atoms with E-state index in [-0.39, 0.29) is 36.1 Å². The topological polar surface area (TPSA) is 53.7 Å². The first kappa shape index (κ1) is 20.1. The molecule has 0 aliphatic carbocycles. The van der Waals surface area contributed by atoms with Gasteiger partial charge in [-0.15, -0.1) is 24.0 Å². The Labute approximate surface area is 167 Å². The number of hydrogen-bond acceptors (Lipinski definition) is 2. The third kappa shape index (κ3) is 4.69. The lowest BCUT2D eigenvalue weighted by atomic mass is 10.2. The van der Waals surface area contributed by atoms with Crippen molar-refractivity contribution in [3.05, 3.63) is 71.2 Å². The number of aryl methyl sites for hydroxylation is 1. The normalized spacial score (nSPS) is 11.3. The van der Waals surface area contributed by atoms with Crippen LogP contribution in [0.2, 0.25) is 0 Å². The maximum absolute atomic E-state index is 13.7. The van der Waals surface area contributed by atoms with Gasteiger partial charge in [0, 0.05) is 31.0 Å². The van der Waals surface area contributed by atoms with Gasteiger partial charge in [0.05, 0.1) is 12.2 Å². The van der Waals surface area contributed by atoms with Crippen LogP contribution in [0, 0.1) is 18.6 Å². The second-order valence-corrected chi connectivity index (χ2v) is 5.64. The van der Waals surface area contributed by atoms with Crippen LogP contribution in [0.1, 0.15) is 17.0 Å². The number of benzene rings is 1. The number of nitrogens with one attached hydrogen (secondary N) is 2. The number of nitrogens with zero attached hydrogens (tertiary/aromatic N) is 3. The Morgan fingerprint density at radius 1 is 1.15 bits per heavy atom. The molecule has 0 fully saturated rings. The van der Waals surface area contributed by atoms with Crippen molar-refractivity contribution in [3.63, 3.8) is 0 Å². The van der Waals surface area contributed by atoms with Crippen LogP contribution in [0.5, 0.6) is 0 Å². The molecule has 0 aliphatic rings. The van der Waals surface area contributed by atoms with Gasteiger partial charge >= 0.3 is 0 Å². The second-order valence-electron chi connectivity index (χ2n) is 5.64. The van der Waals surface area contributed by atoms with E-state index in [1.54, 1.807) is 7.05 Å². The number of guanidine groups is 1. The van der Waals surface area contributed by atoms with Gasteiger partial charge in [0.25, 0.3) is 0 Å². The molecule has 0 bridgehead atoms. The van der Waals surface area contributed by atoms with E-state index in [4.69, 9.17) is 0 Å². The summed E-state index contributed by atoms with van der Waals surface area (Å²) >= 11 is 0. The lowest BCUT2D eigenvalue weighted by Crippen LogP contribution is -2.36. The quantitative estimate of drug-likeness (QED) is 0.349. The summed E-state index contributed by atoms with van der Waals surface area (Å²) in [4.78, 5) is 8.62. The van der Waals surface area contributed by atoms with Gasteiger partial charge in [-0.05, 0) is 37.3 Å². The zero-order valence-electron chi connectivity index (χ0n) is 14.5. The molecule has 8 heteroatoms. The average Bonchev–Trinajstić information content (AvgIpc) is 3.02. The first-order valence-corrected chi connectivity index (χ1v) is 7.89. The number of pyridine rings is 1. The Kier molecular flexibility index (Phi) is 6.90. The van der Waals surface area contributed by atoms with E-state index in [1.807, 2.05) is 35.7 Å². The molecule has 0 saturated heterocycles. The summed E-state index contributed by atoms with van der Waals surface area (Å²) < 4.78 is 28.9. The molecule has 2 N–H and O–H groups in total. The fourth-order valence-electron chi connectivity index (χ4n) is 2.54. The van der Waals surface area contributed by atoms with Gasteiger partial charge < -0.3 is 15.0 Å². The standard InChI is InChI=1S/C18H19F2N5.HI/c1-12-4-3-5-17-24-15(11-25(12)17)10-23-18(21-2)22-9-13-8-14(19)6-7-16(13)20;/h3-8,11H,9-10H2,1-2H3,(H2,21,22,23);1H. The predicted octanol–water partition coefficient (Wildman–Crippen LogP) is 3.40. The molecule has 5 nitrogen and oxygen atoms in total. The zero-order chi connectivity index (χ0) is 17.8. The fraction of sp³-hybridized carbons (Fsp3) is 0.222. The smallest absolute Gasteiger partial charge is 0.191 e. The molecule has 0 saturated carbocycles. The highest BCUT2D eigenvalue weighted by Gasteiger charge is 2.07. The lowest BCUT2D eigenvalue weighted by molar-refractivity contribution is 0.581. The third-order valence-corrected chi connectivity index (χ3v) is 3.86. The van der Waals surface area contributed by atoms with Crippen molar-refractivity contribution < 1.29 is 8.78 Å². The van der Waals surface area contributed by atoms with E-state index in [0.717, 1.165) is 29.2 Å². The summed E-state index contributed by atoms with van der Waals surface area (Å²) in [6, 6.07) is 9.29. The van der Waals surface area contributed by atoms with Crippen molar-refractivity contribution in [1.29, 1.82) is 0 Å². The minimum Gasteiger partial charge on any atom is -0.352 e. The van der Waals surface area contributed by atoms with E-state index in [1.165, 1.54) is 6.07 Å². The first-order valence-electron chi connectivity index (χ1n) is 7.89. The monoisotopic (exact) mass is 471 g/mol. The molecule has 0 unspecified atom stereocenters. The van der Waals surface area contributed by atoms with Crippen LogP contribution < -0.4 is 10.6 Å². The van der Waals surface area contributed by atoms with Crippen LogP contribution in [0.3, 0.4) is 0 Å². The van der Waals surface area contributed by atoms with Crippen molar-refractivity contribution >= 4 is 35.6 Å². The van der Waals surface area contributed by atoms with E-state index < -0.39 is 11.6 Å². The summed E-state index contributed by atoms with van der Waals surface area (Å²) in [6.45, 7) is 2.61. The summed E-state index contributed by atoms with van der Waals surface area (Å²) in [7, 11) is 1.62. The number of rotatable bonds is 4. The summed E-state index contributed by atoms with van der Waals surface area (Å²) in [5.74, 6) is -0.446. The fourth-order valence-corrected chi connectivity index (χ4v) is 2.54. The van der Waals surface area contributed by atoms with Gasteiger partial charge in [0.2, 0.25) is 0 Å². The molecule has 26 heavy (non-hydrogen) atoms. The number of aromatic nitrogens is 2. The van der Waals surface area contributed by atoms with Gasteiger partial charge in [0.1, 0.15) is 17.3 Å². The minimum absolute atomic E-state index is 0. The van der Waals surface area contributed by atoms with Crippen molar-refractivity contribution in [1.82, 2.24) is 20.0 Å². The van der Waals surface area contributed by atoms with E-state index in [2.05, 4.69) is 20.6 Å². The van der Waals surface area contributed by atoms with Gasteiger partial charge in [0.15, 0.2) is 5.96 Å². The summed E-state index contributed by atoms with van der Waals surface area (Å²) in [5.41, 5.74) is 3.07. The lowest BCUT2D eigenvalue weighted by Gasteiger charge is -2.11. The van der Waals surface area contributed by atoms with Gasteiger partial charge in [-0.1, -0.05) is 6.07 Å². The third-order valence-electron chi connectivity index (χ3n) is 3.86. The molecule has 0 spiro atoms. The molecule has 0 radical (unpaired) electrons. The van der Waals surface area contributed by atoms with E-state index in [9.17, 15) is 8.78 Å². The molecule has 0 amide bonds. The zero-order valence-corrected chi connectivity index (χ0v) is 16.8. The molecule has 1 aromatic carbocycles. The molecule has 0 atom stereocenters. The molecule has 3 rings (SSSR count). The van der Waals surface area contributed by atoms with Crippen molar-refractivity contribution in [3.8, 4) is 0 Å². The Hall–Kier alpha value is -2.23. The highest BCUT2D eigenvalue weighted by atomic mass is 127. The van der Waals surface area contributed by atoms with E-state index in [0.29, 0.717) is 12.5 Å². The molecule has 2 heterocycles. The van der Waals surface area contributed by atoms with Crippen molar-refractivity contribution in [2.45, 2.75) is 20.0 Å². The van der Waals surface area contributed by atoms with Crippen LogP contribution in [-0.2, 0) is 13.1 Å². The number of fused-ring (bicyclic) bond motifs is 1. The van der Waals surface area contributed by atoms with Crippen molar-refractivity contribution in [2.24, 2.45) is 4.99 Å². The van der Waals surface area contributed by atoms with Crippen LogP contribution in [0.4, 0.5) is 8.78 Å². The van der Waals surface area contributed by atoms with Crippen LogP contribution in [-0.4, -0.2) is 22.4 Å². The van der Waals surface area contributed by atoms with Crippen LogP contribution in [0.25, 0.3) is 5.65 Å². The summed E-state index contributed by atoms with van der Waals surface area (Å²) in [5, 5.41) is 6.08. The summed E-state index contributed by atoms with van der Waals surface area (Å²) in [6.07, 6.45) is 1.96. The highest BCUT2D eigenvalue weighted by Crippen LogP contribution is 2.10. The number of aliphatic imine (C=N–C) groups is 1. The molecule has 138 valence electrons. The van der Waals surface area contributed by atoms with E-state index >= 15 is 0 Å². The Morgan fingerprint density at radius 2 is 1.92 bits per heavy atom. The largest absolute Gasteiger partial charge is 0.352 e. The van der Waals surface area contributed by atoms with Gasteiger partial charge in [-0.2, -0.15) is 0 Å². The Bertz CT molecular complexity index is 923. The molecule has 2 aromatic heterocycles. The maximum Gasteiger partial charge on any atom is 0.191 e. The highest BCUT2D eigenvalue weighted by molar-refractivity contribution is 14.0. The van der Waals surface area contributed by atoms with Crippen LogP contribution in [0.15, 0.2) is 47.6 Å². The van der Waals surface area contributed by atoms with Gasteiger partial charge in [-0.25, -0.2) is 13.8 Å².